The molecule has 100 valence electrons. The van der Waals surface area contributed by atoms with Gasteiger partial charge < -0.3 is 5.32 Å². The fourth-order valence-corrected chi connectivity index (χ4v) is 2.74. The quantitative estimate of drug-likeness (QED) is 0.604. The van der Waals surface area contributed by atoms with Gasteiger partial charge in [-0.05, 0) is 51.0 Å². The minimum Gasteiger partial charge on any atom is -0.314 e. The summed E-state index contributed by atoms with van der Waals surface area (Å²) in [7, 11) is 0. The lowest BCUT2D eigenvalue weighted by Gasteiger charge is -2.22. The van der Waals surface area contributed by atoms with Crippen molar-refractivity contribution in [2.24, 2.45) is 5.92 Å². The molecular weight excluding hydrogens is 206 g/mol. The van der Waals surface area contributed by atoms with Gasteiger partial charge in [0.15, 0.2) is 0 Å². The first-order valence-corrected chi connectivity index (χ1v) is 7.63. The van der Waals surface area contributed by atoms with E-state index in [1.807, 2.05) is 0 Å². The zero-order valence-corrected chi connectivity index (χ0v) is 12.1. The molecule has 1 rings (SSSR count). The third kappa shape index (κ3) is 6.88. The molecule has 0 aromatic carbocycles. The molecule has 0 spiro atoms. The summed E-state index contributed by atoms with van der Waals surface area (Å²) in [6.45, 7) is 7.99. The Morgan fingerprint density at radius 1 is 1.24 bits per heavy atom. The first kappa shape index (κ1) is 14.8. The average molecular weight is 237 g/mol. The lowest BCUT2D eigenvalue weighted by atomic mass is 9.92. The molecule has 0 aromatic rings. The topological polar surface area (TPSA) is 12.0 Å². The Hall–Kier alpha value is -0.300. The van der Waals surface area contributed by atoms with Gasteiger partial charge in [0.2, 0.25) is 0 Å². The van der Waals surface area contributed by atoms with Gasteiger partial charge in [-0.1, -0.05) is 45.3 Å². The predicted molar refractivity (Wildman–Crippen MR) is 77.3 cm³/mol. The summed E-state index contributed by atoms with van der Waals surface area (Å²) in [6, 6.07) is 0.725. The van der Waals surface area contributed by atoms with Crippen LogP contribution in [0.1, 0.15) is 72.1 Å². The first-order valence-electron chi connectivity index (χ1n) is 7.63. The predicted octanol–water partition coefficient (Wildman–Crippen LogP) is 4.68. The molecule has 1 nitrogen and oxygen atoms in total. The highest BCUT2D eigenvalue weighted by molar-refractivity contribution is 5.07. The zero-order valence-electron chi connectivity index (χ0n) is 12.1. The normalized spacial score (nSPS) is 18.2. The van der Waals surface area contributed by atoms with Crippen LogP contribution in [0.5, 0.6) is 0 Å². The zero-order chi connectivity index (χ0) is 12.5. The van der Waals surface area contributed by atoms with Crippen molar-refractivity contribution in [2.45, 2.75) is 78.2 Å². The number of nitrogens with one attached hydrogen (secondary N) is 1. The van der Waals surface area contributed by atoms with Gasteiger partial charge in [0.25, 0.3) is 0 Å². The van der Waals surface area contributed by atoms with E-state index >= 15 is 0 Å². The Kier molecular flexibility index (Phi) is 7.59. The Morgan fingerprint density at radius 2 is 2.06 bits per heavy atom. The number of hydrogen-bond donors (Lipinski definition) is 1. The maximum atomic E-state index is 3.66. The van der Waals surface area contributed by atoms with Crippen molar-refractivity contribution in [3.05, 3.63) is 11.6 Å². The molecule has 17 heavy (non-hydrogen) atoms. The second-order valence-electron chi connectivity index (χ2n) is 5.89. The molecule has 1 aliphatic carbocycles. The van der Waals surface area contributed by atoms with Crippen LogP contribution in [0.2, 0.25) is 0 Å². The van der Waals surface area contributed by atoms with Crippen molar-refractivity contribution in [1.82, 2.24) is 5.32 Å². The third-order valence-corrected chi connectivity index (χ3v) is 3.72. The largest absolute Gasteiger partial charge is 0.314 e. The van der Waals surface area contributed by atoms with Gasteiger partial charge in [0.1, 0.15) is 0 Å². The average Bonchev–Trinajstić information content (AvgIpc) is 2.30. The summed E-state index contributed by atoms with van der Waals surface area (Å²) < 4.78 is 0. The van der Waals surface area contributed by atoms with E-state index in [0.717, 1.165) is 18.5 Å². The smallest absolute Gasteiger partial charge is 0.0104 e. The molecular formula is C16H31N. The van der Waals surface area contributed by atoms with Gasteiger partial charge in [-0.2, -0.15) is 0 Å². The minimum atomic E-state index is 0.725. The van der Waals surface area contributed by atoms with Crippen LogP contribution >= 0.6 is 0 Å². The van der Waals surface area contributed by atoms with E-state index < -0.39 is 0 Å². The van der Waals surface area contributed by atoms with Gasteiger partial charge >= 0.3 is 0 Å². The summed E-state index contributed by atoms with van der Waals surface area (Å²) >= 11 is 0. The molecule has 0 fully saturated rings. The van der Waals surface area contributed by atoms with E-state index in [9.17, 15) is 0 Å². The van der Waals surface area contributed by atoms with Crippen LogP contribution in [0.3, 0.4) is 0 Å². The molecule has 0 aromatic heterocycles. The lowest BCUT2D eigenvalue weighted by Crippen LogP contribution is -2.29. The summed E-state index contributed by atoms with van der Waals surface area (Å²) in [5.74, 6) is 0.853. The van der Waals surface area contributed by atoms with E-state index in [0.29, 0.717) is 0 Å². The van der Waals surface area contributed by atoms with E-state index in [2.05, 4.69) is 32.2 Å². The molecule has 0 amide bonds. The minimum absolute atomic E-state index is 0.725. The molecule has 1 heteroatoms. The Balaban J connectivity index is 2.28. The highest BCUT2D eigenvalue weighted by Crippen LogP contribution is 2.23. The van der Waals surface area contributed by atoms with Crippen LogP contribution < -0.4 is 5.32 Å². The maximum Gasteiger partial charge on any atom is 0.0104 e. The van der Waals surface area contributed by atoms with Crippen LogP contribution in [0.15, 0.2) is 11.6 Å². The monoisotopic (exact) mass is 237 g/mol. The van der Waals surface area contributed by atoms with Crippen LogP contribution in [-0.2, 0) is 0 Å². The van der Waals surface area contributed by atoms with Gasteiger partial charge in [0.05, 0.1) is 0 Å². The summed E-state index contributed by atoms with van der Waals surface area (Å²) in [5.41, 5.74) is 1.71. The van der Waals surface area contributed by atoms with E-state index in [1.54, 1.807) is 5.57 Å². The first-order chi connectivity index (χ1) is 8.22. The Bertz CT molecular complexity index is 218. The molecule has 0 saturated carbocycles. The van der Waals surface area contributed by atoms with Crippen molar-refractivity contribution in [2.75, 3.05) is 6.54 Å². The standard InChI is InChI=1S/C16H31N/c1-4-17-16(12-8-9-14(2)3)13-15-10-6-5-7-11-15/h10,14,16-17H,4-9,11-13H2,1-3H3. The van der Waals surface area contributed by atoms with E-state index in [1.165, 1.54) is 51.4 Å². The molecule has 1 atom stereocenters. The molecule has 0 heterocycles. The maximum absolute atomic E-state index is 3.66. The second kappa shape index (κ2) is 8.74. The van der Waals surface area contributed by atoms with Crippen LogP contribution in [-0.4, -0.2) is 12.6 Å². The van der Waals surface area contributed by atoms with Crippen molar-refractivity contribution in [3.8, 4) is 0 Å². The summed E-state index contributed by atoms with van der Waals surface area (Å²) in [5, 5.41) is 3.66. The summed E-state index contributed by atoms with van der Waals surface area (Å²) in [4.78, 5) is 0. The SMILES string of the molecule is CCNC(CCCC(C)C)CC1=CCCCC1. The molecule has 0 bridgehead atoms. The molecule has 1 N–H and O–H groups in total. The van der Waals surface area contributed by atoms with E-state index in [-0.39, 0.29) is 0 Å². The third-order valence-electron chi connectivity index (χ3n) is 3.72. The van der Waals surface area contributed by atoms with Crippen LogP contribution in [0.25, 0.3) is 0 Å². The van der Waals surface area contributed by atoms with Gasteiger partial charge in [-0.3, -0.25) is 0 Å². The fraction of sp³-hybridized carbons (Fsp3) is 0.875. The molecule has 0 radical (unpaired) electrons. The summed E-state index contributed by atoms with van der Waals surface area (Å²) in [6.07, 6.45) is 13.4. The highest BCUT2D eigenvalue weighted by Gasteiger charge is 2.12. The molecule has 1 aliphatic rings. The Labute approximate surface area is 108 Å². The van der Waals surface area contributed by atoms with Crippen LogP contribution in [0.4, 0.5) is 0 Å². The molecule has 0 saturated heterocycles. The van der Waals surface area contributed by atoms with Gasteiger partial charge in [-0.25, -0.2) is 0 Å². The van der Waals surface area contributed by atoms with Crippen molar-refractivity contribution >= 4 is 0 Å². The second-order valence-corrected chi connectivity index (χ2v) is 5.89. The number of hydrogen-bond acceptors (Lipinski definition) is 1. The molecule has 0 aliphatic heterocycles. The number of allylic oxidation sites excluding steroid dienone is 1. The highest BCUT2D eigenvalue weighted by atomic mass is 14.9. The van der Waals surface area contributed by atoms with E-state index in [4.69, 9.17) is 0 Å². The number of rotatable bonds is 8. The Morgan fingerprint density at radius 3 is 2.65 bits per heavy atom. The van der Waals surface area contributed by atoms with Gasteiger partial charge in [-0.15, -0.1) is 0 Å². The molecule has 1 unspecified atom stereocenters. The van der Waals surface area contributed by atoms with Crippen molar-refractivity contribution < 1.29 is 0 Å². The van der Waals surface area contributed by atoms with Crippen molar-refractivity contribution in [1.29, 1.82) is 0 Å². The fourth-order valence-electron chi connectivity index (χ4n) is 2.74. The van der Waals surface area contributed by atoms with Crippen molar-refractivity contribution in [3.63, 3.8) is 0 Å². The lowest BCUT2D eigenvalue weighted by molar-refractivity contribution is 0.435. The van der Waals surface area contributed by atoms with Crippen LogP contribution in [0, 0.1) is 5.92 Å². The van der Waals surface area contributed by atoms with Gasteiger partial charge in [0, 0.05) is 6.04 Å².